The number of benzene rings is 8. The summed E-state index contributed by atoms with van der Waals surface area (Å²) in [6.45, 7) is 4.00. The maximum Gasteiger partial charge on any atom is 0.238 e. The van der Waals surface area contributed by atoms with E-state index in [1.165, 1.54) is 16.2 Å². The van der Waals surface area contributed by atoms with Gasteiger partial charge in [-0.05, 0) is 39.7 Å². The summed E-state index contributed by atoms with van der Waals surface area (Å²) >= 11 is 0. The monoisotopic (exact) mass is 694 g/mol. The van der Waals surface area contributed by atoms with Crippen molar-refractivity contribution < 1.29 is 4.42 Å². The minimum absolute atomic E-state index is 0.554. The molecule has 3 aromatic heterocycles. The fraction of sp³-hybridized carbons (Fsp3) is 0.0408. The van der Waals surface area contributed by atoms with E-state index in [1.807, 2.05) is 44.2 Å². The van der Waals surface area contributed by atoms with Gasteiger partial charge in [0, 0.05) is 43.8 Å². The van der Waals surface area contributed by atoms with E-state index in [-0.39, 0.29) is 0 Å². The number of hydrogen-bond donors (Lipinski definition) is 0. The van der Waals surface area contributed by atoms with E-state index in [0.717, 1.165) is 71.4 Å². The summed E-state index contributed by atoms with van der Waals surface area (Å²) in [4.78, 5) is 15.6. The van der Waals surface area contributed by atoms with Crippen LogP contribution in [0, 0.1) is 0 Å². The second kappa shape index (κ2) is 12.8. The van der Waals surface area contributed by atoms with Crippen LogP contribution in [0.3, 0.4) is 0 Å². The smallest absolute Gasteiger partial charge is 0.238 e. The first-order chi connectivity index (χ1) is 26.8. The Balaban J connectivity index is 0.00000178. The molecule has 256 valence electrons. The van der Waals surface area contributed by atoms with Gasteiger partial charge in [0.15, 0.2) is 11.6 Å². The number of aromatic nitrogens is 4. The Hall–Kier alpha value is -7.11. The number of para-hydroxylation sites is 3. The van der Waals surface area contributed by atoms with Gasteiger partial charge in [-0.3, -0.25) is 4.57 Å². The Morgan fingerprint density at radius 2 is 1.07 bits per heavy atom. The summed E-state index contributed by atoms with van der Waals surface area (Å²) in [6.07, 6.45) is 0. The third-order valence-corrected chi connectivity index (χ3v) is 10.2. The van der Waals surface area contributed by atoms with Crippen LogP contribution in [0.2, 0.25) is 0 Å². The van der Waals surface area contributed by atoms with Crippen LogP contribution in [0.5, 0.6) is 0 Å². The van der Waals surface area contributed by atoms with Crippen LogP contribution in [0.4, 0.5) is 0 Å². The molecule has 0 saturated carbocycles. The molecule has 8 aromatic carbocycles. The van der Waals surface area contributed by atoms with E-state index in [2.05, 4.69) is 144 Å². The van der Waals surface area contributed by atoms with Crippen molar-refractivity contribution in [2.24, 2.45) is 0 Å². The molecule has 0 aliphatic rings. The molecule has 0 radical (unpaired) electrons. The molecule has 11 rings (SSSR count). The highest BCUT2D eigenvalue weighted by Crippen LogP contribution is 2.43. The largest absolute Gasteiger partial charge is 0.455 e. The fourth-order valence-corrected chi connectivity index (χ4v) is 7.86. The lowest BCUT2D eigenvalue weighted by atomic mass is 9.98. The number of rotatable bonds is 4. The molecular weight excluding hydrogens is 661 g/mol. The van der Waals surface area contributed by atoms with E-state index in [4.69, 9.17) is 19.4 Å². The SMILES string of the molecule is CC.c1ccc(-c2nc(-c3ccc4ccccc4c3)nc(-n3c4ccccc4c4cccc(-c5cccc6c5oc5ccc7ccccc7c56)c43)n2)cc1. The minimum atomic E-state index is 0.554. The van der Waals surface area contributed by atoms with Crippen molar-refractivity contribution in [2.45, 2.75) is 13.8 Å². The summed E-state index contributed by atoms with van der Waals surface area (Å²) in [6, 6.07) is 59.1. The van der Waals surface area contributed by atoms with E-state index in [0.29, 0.717) is 17.6 Å². The van der Waals surface area contributed by atoms with Crippen molar-refractivity contribution in [3.63, 3.8) is 0 Å². The topological polar surface area (TPSA) is 56.7 Å². The van der Waals surface area contributed by atoms with Crippen molar-refractivity contribution in [2.75, 3.05) is 0 Å². The highest BCUT2D eigenvalue weighted by molar-refractivity contribution is 6.22. The minimum Gasteiger partial charge on any atom is -0.455 e. The Morgan fingerprint density at radius 1 is 0.444 bits per heavy atom. The Kier molecular flexibility index (Phi) is 7.51. The second-order valence-corrected chi connectivity index (χ2v) is 13.2. The van der Waals surface area contributed by atoms with Crippen molar-refractivity contribution in [3.05, 3.63) is 170 Å². The van der Waals surface area contributed by atoms with Gasteiger partial charge < -0.3 is 4.42 Å². The molecule has 0 amide bonds. The molecule has 3 heterocycles. The molecule has 54 heavy (non-hydrogen) atoms. The van der Waals surface area contributed by atoms with Gasteiger partial charge in [-0.25, -0.2) is 4.98 Å². The maximum atomic E-state index is 6.75. The van der Waals surface area contributed by atoms with Crippen molar-refractivity contribution in [1.29, 1.82) is 0 Å². The van der Waals surface area contributed by atoms with E-state index in [9.17, 15) is 0 Å². The predicted octanol–water partition coefficient (Wildman–Crippen LogP) is 13.2. The molecule has 11 aromatic rings. The van der Waals surface area contributed by atoms with Gasteiger partial charge >= 0.3 is 0 Å². The van der Waals surface area contributed by atoms with Gasteiger partial charge in [0.05, 0.1) is 11.0 Å². The van der Waals surface area contributed by atoms with Crippen LogP contribution < -0.4 is 0 Å². The van der Waals surface area contributed by atoms with E-state index < -0.39 is 0 Å². The highest BCUT2D eigenvalue weighted by Gasteiger charge is 2.22. The number of hydrogen-bond acceptors (Lipinski definition) is 4. The molecule has 0 bridgehead atoms. The molecule has 5 heteroatoms. The first-order valence-corrected chi connectivity index (χ1v) is 18.5. The molecule has 0 aliphatic carbocycles. The van der Waals surface area contributed by atoms with E-state index >= 15 is 0 Å². The zero-order chi connectivity index (χ0) is 36.2. The van der Waals surface area contributed by atoms with Crippen molar-refractivity contribution in [1.82, 2.24) is 19.5 Å². The Morgan fingerprint density at radius 3 is 1.91 bits per heavy atom. The first kappa shape index (κ1) is 31.6. The Labute approximate surface area is 311 Å². The van der Waals surface area contributed by atoms with Gasteiger partial charge in [-0.2, -0.15) is 9.97 Å². The second-order valence-electron chi connectivity index (χ2n) is 13.2. The van der Waals surface area contributed by atoms with Gasteiger partial charge in [-0.1, -0.05) is 166 Å². The molecule has 0 saturated heterocycles. The first-order valence-electron chi connectivity index (χ1n) is 18.5. The third-order valence-electron chi connectivity index (χ3n) is 10.2. The summed E-state index contributed by atoms with van der Waals surface area (Å²) in [5, 5.41) is 9.13. The molecule has 0 spiro atoms. The number of furan rings is 1. The lowest BCUT2D eigenvalue weighted by molar-refractivity contribution is 0.670. The van der Waals surface area contributed by atoms with Gasteiger partial charge in [0.2, 0.25) is 5.95 Å². The number of fused-ring (bicyclic) bond motifs is 9. The average Bonchev–Trinajstić information content (AvgIpc) is 3.81. The normalized spacial score (nSPS) is 11.5. The zero-order valence-corrected chi connectivity index (χ0v) is 29.9. The van der Waals surface area contributed by atoms with Crippen LogP contribution in [0.1, 0.15) is 13.8 Å². The molecule has 0 fully saturated rings. The van der Waals surface area contributed by atoms with E-state index in [1.54, 1.807) is 0 Å². The van der Waals surface area contributed by atoms with Crippen molar-refractivity contribution >= 4 is 65.3 Å². The molecule has 0 atom stereocenters. The molecular formula is C49H34N4O. The highest BCUT2D eigenvalue weighted by atomic mass is 16.3. The zero-order valence-electron chi connectivity index (χ0n) is 29.9. The van der Waals surface area contributed by atoms with Crippen LogP contribution in [0.25, 0.3) is 105 Å². The molecule has 0 unspecified atom stereocenters. The maximum absolute atomic E-state index is 6.75. The fourth-order valence-electron chi connectivity index (χ4n) is 7.86. The lowest BCUT2D eigenvalue weighted by Gasteiger charge is -2.13. The van der Waals surface area contributed by atoms with Crippen LogP contribution in [-0.4, -0.2) is 19.5 Å². The standard InChI is InChI=1S/C47H28N4O.C2H6/c1-2-14-31(15-3-1)45-48-46(33-25-24-29-12-4-5-16-32(29)28-33)50-47(49-45)51-40-23-9-8-18-35(40)36-19-10-20-37(43(36)51)38-21-11-22-39-42-34-17-7-6-13-30(34)26-27-41(42)52-44(38)39;1-2/h1-28H;1-2H3. The van der Waals surface area contributed by atoms with Gasteiger partial charge in [0.25, 0.3) is 0 Å². The third kappa shape index (κ3) is 4.97. The summed E-state index contributed by atoms with van der Waals surface area (Å²) < 4.78 is 8.96. The predicted molar refractivity (Wildman–Crippen MR) is 224 cm³/mol. The van der Waals surface area contributed by atoms with Crippen molar-refractivity contribution in [3.8, 4) is 39.9 Å². The summed E-state index contributed by atoms with van der Waals surface area (Å²) in [7, 11) is 0. The van der Waals surface area contributed by atoms with Gasteiger partial charge in [0.1, 0.15) is 11.2 Å². The number of nitrogens with zero attached hydrogens (tertiary/aromatic N) is 4. The van der Waals surface area contributed by atoms with Crippen LogP contribution in [-0.2, 0) is 0 Å². The Bertz CT molecular complexity index is 3190. The lowest BCUT2D eigenvalue weighted by Crippen LogP contribution is -2.07. The average molecular weight is 695 g/mol. The van der Waals surface area contributed by atoms with Gasteiger partial charge in [-0.15, -0.1) is 0 Å². The summed E-state index contributed by atoms with van der Waals surface area (Å²) in [5.41, 5.74) is 7.66. The molecule has 0 N–H and O–H groups in total. The summed E-state index contributed by atoms with van der Waals surface area (Å²) in [5.74, 6) is 1.78. The van der Waals surface area contributed by atoms with Crippen LogP contribution in [0.15, 0.2) is 174 Å². The molecule has 0 aliphatic heterocycles. The molecule has 5 nitrogen and oxygen atoms in total. The quantitative estimate of drug-likeness (QED) is 0.184. The van der Waals surface area contributed by atoms with Crippen LogP contribution >= 0.6 is 0 Å².